The molecule has 2 aromatic rings. The van der Waals surface area contributed by atoms with Crippen LogP contribution in [-0.4, -0.2) is 35.0 Å². The Bertz CT molecular complexity index is 619. The Kier molecular flexibility index (Phi) is 3.99. The fraction of sp³-hybridized carbons (Fsp3) is 0.308. The molecule has 0 radical (unpaired) electrons. The van der Waals surface area contributed by atoms with E-state index in [-0.39, 0.29) is 18.7 Å². The zero-order valence-electron chi connectivity index (χ0n) is 10.4. The zero-order chi connectivity index (χ0) is 14.8. The number of carbonyl (C=O) groups is 1. The first-order valence-corrected chi connectivity index (χ1v) is 5.84. The maximum atomic E-state index is 11.9. The number of hydrogen-bond donors (Lipinski definition) is 1. The first kappa shape index (κ1) is 14.4. The average molecular weight is 287 g/mol. The molecule has 1 heterocycles. The zero-order valence-corrected chi connectivity index (χ0v) is 10.4. The number of ether oxygens (including phenoxy) is 1. The number of halogens is 3. The minimum absolute atomic E-state index is 0.114. The molecule has 7 heteroatoms. The summed E-state index contributed by atoms with van der Waals surface area (Å²) in [4.78, 5) is 11.1. The van der Waals surface area contributed by atoms with Crippen molar-refractivity contribution in [2.75, 3.05) is 13.2 Å². The number of para-hydroxylation sites is 1. The topological polar surface area (TPSA) is 51.5 Å². The quantitative estimate of drug-likeness (QED) is 0.860. The highest BCUT2D eigenvalue weighted by Gasteiger charge is 2.27. The van der Waals surface area contributed by atoms with Gasteiger partial charge in [-0.2, -0.15) is 13.2 Å². The van der Waals surface area contributed by atoms with E-state index >= 15 is 0 Å². The normalized spacial score (nSPS) is 11.9. The Morgan fingerprint density at radius 3 is 2.70 bits per heavy atom. The molecule has 0 aliphatic carbocycles. The van der Waals surface area contributed by atoms with Crippen molar-refractivity contribution in [1.82, 2.24) is 4.57 Å². The number of hydrogen-bond acceptors (Lipinski definition) is 2. The van der Waals surface area contributed by atoms with Gasteiger partial charge in [-0.1, -0.05) is 12.1 Å². The Hall–Kier alpha value is -2.02. The summed E-state index contributed by atoms with van der Waals surface area (Å²) in [6.45, 7) is -1.29. The SMILES string of the molecule is O=C(O)c1cccc2ccn(CCOCC(F)(F)F)c12. The van der Waals surface area contributed by atoms with Crippen LogP contribution >= 0.6 is 0 Å². The van der Waals surface area contributed by atoms with Crippen LogP contribution in [-0.2, 0) is 11.3 Å². The van der Waals surface area contributed by atoms with Crippen molar-refractivity contribution in [2.24, 2.45) is 0 Å². The second kappa shape index (κ2) is 5.54. The third kappa shape index (κ3) is 3.30. The van der Waals surface area contributed by atoms with Crippen LogP contribution in [0.1, 0.15) is 10.4 Å². The fourth-order valence-electron chi connectivity index (χ4n) is 1.97. The highest BCUT2D eigenvalue weighted by molar-refractivity contribution is 6.02. The molecule has 1 N–H and O–H groups in total. The van der Waals surface area contributed by atoms with Gasteiger partial charge in [0.05, 0.1) is 17.7 Å². The van der Waals surface area contributed by atoms with Gasteiger partial charge in [-0.3, -0.25) is 0 Å². The highest BCUT2D eigenvalue weighted by Crippen LogP contribution is 2.20. The van der Waals surface area contributed by atoms with Gasteiger partial charge in [0.15, 0.2) is 0 Å². The molecule has 1 aromatic carbocycles. The van der Waals surface area contributed by atoms with Crippen molar-refractivity contribution >= 4 is 16.9 Å². The van der Waals surface area contributed by atoms with Crippen LogP contribution in [0.4, 0.5) is 13.2 Å². The van der Waals surface area contributed by atoms with Crippen LogP contribution in [0.3, 0.4) is 0 Å². The maximum Gasteiger partial charge on any atom is 0.411 e. The lowest BCUT2D eigenvalue weighted by molar-refractivity contribution is -0.174. The second-order valence-corrected chi connectivity index (χ2v) is 4.23. The van der Waals surface area contributed by atoms with Crippen molar-refractivity contribution in [2.45, 2.75) is 12.7 Å². The number of carboxylic acid groups (broad SMARTS) is 1. The van der Waals surface area contributed by atoms with E-state index in [1.165, 1.54) is 6.07 Å². The Morgan fingerprint density at radius 2 is 2.05 bits per heavy atom. The van der Waals surface area contributed by atoms with Crippen LogP contribution < -0.4 is 0 Å². The summed E-state index contributed by atoms with van der Waals surface area (Å²) in [6, 6.07) is 6.54. The molecule has 0 aliphatic rings. The van der Waals surface area contributed by atoms with E-state index in [0.717, 1.165) is 5.39 Å². The van der Waals surface area contributed by atoms with E-state index in [2.05, 4.69) is 4.74 Å². The van der Waals surface area contributed by atoms with E-state index in [4.69, 9.17) is 5.11 Å². The van der Waals surface area contributed by atoms with Gasteiger partial charge in [0.2, 0.25) is 0 Å². The molecule has 1 aromatic heterocycles. The molecule has 108 valence electrons. The molecule has 0 bridgehead atoms. The lowest BCUT2D eigenvalue weighted by Crippen LogP contribution is -2.19. The summed E-state index contributed by atoms with van der Waals surface area (Å²) in [7, 11) is 0. The van der Waals surface area contributed by atoms with Crippen molar-refractivity contribution in [3.63, 3.8) is 0 Å². The van der Waals surface area contributed by atoms with E-state index in [9.17, 15) is 18.0 Å². The molecule has 20 heavy (non-hydrogen) atoms. The van der Waals surface area contributed by atoms with Crippen LogP contribution in [0.2, 0.25) is 0 Å². The van der Waals surface area contributed by atoms with Gasteiger partial charge < -0.3 is 14.4 Å². The molecule has 0 fully saturated rings. The van der Waals surface area contributed by atoms with Gasteiger partial charge in [0, 0.05) is 18.1 Å². The number of nitrogens with zero attached hydrogens (tertiary/aromatic N) is 1. The van der Waals surface area contributed by atoms with Gasteiger partial charge in [-0.15, -0.1) is 0 Å². The summed E-state index contributed by atoms with van der Waals surface area (Å²) in [5, 5.41) is 9.83. The highest BCUT2D eigenvalue weighted by atomic mass is 19.4. The fourth-order valence-corrected chi connectivity index (χ4v) is 1.97. The molecule has 0 saturated carbocycles. The van der Waals surface area contributed by atoms with E-state index in [1.807, 2.05) is 0 Å². The molecule has 0 unspecified atom stereocenters. The molecular formula is C13H12F3NO3. The Balaban J connectivity index is 2.13. The van der Waals surface area contributed by atoms with Crippen molar-refractivity contribution in [3.8, 4) is 0 Å². The largest absolute Gasteiger partial charge is 0.478 e. The standard InChI is InChI=1S/C13H12F3NO3/c14-13(15,16)8-20-7-6-17-5-4-9-2-1-3-10(11(9)17)12(18)19/h1-5H,6-8H2,(H,18,19). The minimum atomic E-state index is -4.36. The average Bonchev–Trinajstić information content (AvgIpc) is 2.76. The number of fused-ring (bicyclic) bond motifs is 1. The number of benzene rings is 1. The summed E-state index contributed by atoms with van der Waals surface area (Å²) in [6.07, 6.45) is -2.72. The Labute approximate surface area is 112 Å². The molecule has 0 aliphatic heterocycles. The summed E-state index contributed by atoms with van der Waals surface area (Å²) >= 11 is 0. The lowest BCUT2D eigenvalue weighted by Gasteiger charge is -2.10. The minimum Gasteiger partial charge on any atom is -0.478 e. The van der Waals surface area contributed by atoms with Crippen LogP contribution in [0.15, 0.2) is 30.5 Å². The molecular weight excluding hydrogens is 275 g/mol. The lowest BCUT2D eigenvalue weighted by atomic mass is 10.1. The molecule has 0 saturated heterocycles. The number of aromatic nitrogens is 1. The summed E-state index contributed by atoms with van der Waals surface area (Å²) in [5.74, 6) is -1.08. The van der Waals surface area contributed by atoms with E-state index in [0.29, 0.717) is 5.52 Å². The van der Waals surface area contributed by atoms with Crippen LogP contribution in [0, 0.1) is 0 Å². The molecule has 0 atom stereocenters. The summed E-state index contributed by atoms with van der Waals surface area (Å²) in [5.41, 5.74) is 0.596. The van der Waals surface area contributed by atoms with Crippen LogP contribution in [0.5, 0.6) is 0 Å². The van der Waals surface area contributed by atoms with Gasteiger partial charge in [-0.25, -0.2) is 4.79 Å². The summed E-state index contributed by atoms with van der Waals surface area (Å²) < 4.78 is 41.9. The monoisotopic (exact) mass is 287 g/mol. The number of carboxylic acids is 1. The van der Waals surface area contributed by atoms with E-state index in [1.54, 1.807) is 29.0 Å². The van der Waals surface area contributed by atoms with Gasteiger partial charge in [0.1, 0.15) is 6.61 Å². The van der Waals surface area contributed by atoms with Crippen LogP contribution in [0.25, 0.3) is 10.9 Å². The van der Waals surface area contributed by atoms with Crippen molar-refractivity contribution in [1.29, 1.82) is 0 Å². The molecule has 4 nitrogen and oxygen atoms in total. The number of aromatic carboxylic acids is 1. The van der Waals surface area contributed by atoms with Gasteiger partial charge in [0.25, 0.3) is 0 Å². The predicted octanol–water partition coefficient (Wildman–Crippen LogP) is 2.92. The van der Waals surface area contributed by atoms with Crippen molar-refractivity contribution < 1.29 is 27.8 Å². The molecule has 0 spiro atoms. The predicted molar refractivity (Wildman–Crippen MR) is 65.8 cm³/mol. The third-order valence-electron chi connectivity index (χ3n) is 2.76. The maximum absolute atomic E-state index is 11.9. The first-order valence-electron chi connectivity index (χ1n) is 5.84. The second-order valence-electron chi connectivity index (χ2n) is 4.23. The smallest absolute Gasteiger partial charge is 0.411 e. The molecule has 2 rings (SSSR count). The first-order chi connectivity index (χ1) is 9.38. The van der Waals surface area contributed by atoms with Crippen molar-refractivity contribution in [3.05, 3.63) is 36.0 Å². The number of rotatable bonds is 5. The number of alkyl halides is 3. The van der Waals surface area contributed by atoms with E-state index < -0.39 is 18.8 Å². The third-order valence-corrected chi connectivity index (χ3v) is 2.76. The van der Waals surface area contributed by atoms with Gasteiger partial charge in [-0.05, 0) is 12.1 Å². The Morgan fingerprint density at radius 1 is 1.30 bits per heavy atom. The molecule has 0 amide bonds. The van der Waals surface area contributed by atoms with Gasteiger partial charge >= 0.3 is 12.1 Å².